The second-order valence-electron chi connectivity index (χ2n) is 5.75. The van der Waals surface area contributed by atoms with Crippen LogP contribution in [0, 0.1) is 5.92 Å². The third-order valence-electron chi connectivity index (χ3n) is 3.14. The lowest BCUT2D eigenvalue weighted by Gasteiger charge is -2.12. The van der Waals surface area contributed by atoms with Crippen molar-refractivity contribution in [2.24, 2.45) is 5.92 Å². The summed E-state index contributed by atoms with van der Waals surface area (Å²) in [6, 6.07) is 9.13. The third-order valence-corrected chi connectivity index (χ3v) is 4.02. The molecule has 0 aliphatic carbocycles. The first-order valence-electron chi connectivity index (χ1n) is 8.27. The number of amides is 1. The lowest BCUT2D eigenvalue weighted by atomic mass is 10.2. The Morgan fingerprint density at radius 1 is 1.00 bits per heavy atom. The molecule has 1 aromatic rings. The molecule has 0 aromatic heterocycles. The molecule has 1 unspecified atom stereocenters. The second-order valence-corrected chi connectivity index (χ2v) is 7.03. The number of benzene rings is 1. The van der Waals surface area contributed by atoms with Crippen molar-refractivity contribution in [3.8, 4) is 0 Å². The maximum atomic E-state index is 11.9. The summed E-state index contributed by atoms with van der Waals surface area (Å²) in [6.07, 6.45) is 0. The van der Waals surface area contributed by atoms with E-state index < -0.39 is 35.2 Å². The molecular formula is C18H23NO7S. The van der Waals surface area contributed by atoms with E-state index in [-0.39, 0.29) is 19.1 Å². The van der Waals surface area contributed by atoms with Crippen molar-refractivity contribution < 1.29 is 33.4 Å². The molecule has 0 spiro atoms. The van der Waals surface area contributed by atoms with Gasteiger partial charge in [-0.15, -0.1) is 0 Å². The standard InChI is InChI=1S/C18H23NO7S/c1-12(2)17(22)25-11-26-18(23)27-13(3)16(21)19-9-15(20)24-10-14-7-5-4-6-8-14/h4-8,12-13H,9-11H2,1-3H3,(H,19,21). The van der Waals surface area contributed by atoms with Crippen LogP contribution in [0.5, 0.6) is 0 Å². The molecule has 0 radical (unpaired) electrons. The fourth-order valence-electron chi connectivity index (χ4n) is 1.63. The molecular weight excluding hydrogens is 374 g/mol. The van der Waals surface area contributed by atoms with E-state index in [1.807, 2.05) is 30.3 Å². The molecule has 1 aromatic carbocycles. The van der Waals surface area contributed by atoms with Crippen LogP contribution in [0.4, 0.5) is 4.79 Å². The van der Waals surface area contributed by atoms with Crippen LogP contribution >= 0.6 is 11.8 Å². The molecule has 0 saturated carbocycles. The van der Waals surface area contributed by atoms with Gasteiger partial charge in [0.1, 0.15) is 13.2 Å². The van der Waals surface area contributed by atoms with Gasteiger partial charge in [-0.25, -0.2) is 4.79 Å². The predicted octanol–water partition coefficient (Wildman–Crippen LogP) is 2.26. The van der Waals surface area contributed by atoms with Crippen molar-refractivity contribution in [2.75, 3.05) is 13.3 Å². The van der Waals surface area contributed by atoms with E-state index >= 15 is 0 Å². The highest BCUT2D eigenvalue weighted by molar-refractivity contribution is 8.14. The quantitative estimate of drug-likeness (QED) is 0.499. The molecule has 0 saturated heterocycles. The van der Waals surface area contributed by atoms with Crippen molar-refractivity contribution in [1.82, 2.24) is 5.32 Å². The van der Waals surface area contributed by atoms with Gasteiger partial charge in [-0.05, 0) is 24.2 Å². The lowest BCUT2D eigenvalue weighted by molar-refractivity contribution is -0.155. The van der Waals surface area contributed by atoms with E-state index in [4.69, 9.17) is 14.2 Å². The summed E-state index contributed by atoms with van der Waals surface area (Å²) in [4.78, 5) is 46.3. The van der Waals surface area contributed by atoms with Gasteiger partial charge in [0, 0.05) is 0 Å². The normalized spacial score (nSPS) is 11.4. The Balaban J connectivity index is 2.22. The number of carbonyl (C=O) groups excluding carboxylic acids is 4. The van der Waals surface area contributed by atoms with Crippen LogP contribution in [0.3, 0.4) is 0 Å². The Morgan fingerprint density at radius 3 is 2.30 bits per heavy atom. The number of thioether (sulfide) groups is 1. The van der Waals surface area contributed by atoms with E-state index in [1.54, 1.807) is 13.8 Å². The van der Waals surface area contributed by atoms with Crippen molar-refractivity contribution in [3.05, 3.63) is 35.9 Å². The summed E-state index contributed by atoms with van der Waals surface area (Å²) >= 11 is 0.613. The Kier molecular flexibility index (Phi) is 9.95. The fraction of sp³-hybridized carbons (Fsp3) is 0.444. The van der Waals surface area contributed by atoms with Gasteiger partial charge >= 0.3 is 17.2 Å². The monoisotopic (exact) mass is 397 g/mol. The summed E-state index contributed by atoms with van der Waals surface area (Å²) < 4.78 is 14.4. The Labute approximate surface area is 161 Å². The minimum atomic E-state index is -0.791. The van der Waals surface area contributed by atoms with Crippen LogP contribution < -0.4 is 5.32 Å². The third kappa shape index (κ3) is 9.64. The minimum Gasteiger partial charge on any atom is -0.460 e. The smallest absolute Gasteiger partial charge is 0.370 e. The van der Waals surface area contributed by atoms with Crippen molar-refractivity contribution in [3.63, 3.8) is 0 Å². The zero-order valence-electron chi connectivity index (χ0n) is 15.4. The first kappa shape index (κ1) is 22.5. The van der Waals surface area contributed by atoms with E-state index in [0.717, 1.165) is 5.56 Å². The maximum Gasteiger partial charge on any atom is 0.370 e. The van der Waals surface area contributed by atoms with Crippen LogP contribution in [0.2, 0.25) is 0 Å². The zero-order valence-corrected chi connectivity index (χ0v) is 16.2. The van der Waals surface area contributed by atoms with Gasteiger partial charge < -0.3 is 19.5 Å². The Morgan fingerprint density at radius 2 is 1.67 bits per heavy atom. The molecule has 8 nitrogen and oxygen atoms in total. The second kappa shape index (κ2) is 11.9. The van der Waals surface area contributed by atoms with E-state index in [1.165, 1.54) is 6.92 Å². The molecule has 0 aliphatic heterocycles. The first-order chi connectivity index (χ1) is 12.8. The number of hydrogen-bond donors (Lipinski definition) is 1. The number of ether oxygens (including phenoxy) is 3. The van der Waals surface area contributed by atoms with Gasteiger partial charge in [0.25, 0.3) is 0 Å². The molecule has 1 amide bonds. The molecule has 0 bridgehead atoms. The van der Waals surface area contributed by atoms with Crippen molar-refractivity contribution in [1.29, 1.82) is 0 Å². The number of esters is 2. The molecule has 0 heterocycles. The largest absolute Gasteiger partial charge is 0.460 e. The van der Waals surface area contributed by atoms with Gasteiger partial charge in [0.2, 0.25) is 12.7 Å². The first-order valence-corrected chi connectivity index (χ1v) is 9.15. The number of hydrogen-bond acceptors (Lipinski definition) is 8. The maximum absolute atomic E-state index is 11.9. The van der Waals surface area contributed by atoms with Gasteiger partial charge in [0.15, 0.2) is 0 Å². The van der Waals surface area contributed by atoms with Crippen molar-refractivity contribution in [2.45, 2.75) is 32.6 Å². The summed E-state index contributed by atoms with van der Waals surface area (Å²) in [5, 5.41) is 0.831. The SMILES string of the molecule is CC(C)C(=O)OCOC(=O)SC(C)C(=O)NCC(=O)OCc1ccccc1. The molecule has 0 fully saturated rings. The van der Waals surface area contributed by atoms with Gasteiger partial charge in [0.05, 0.1) is 11.2 Å². The van der Waals surface area contributed by atoms with Crippen LogP contribution in [0.1, 0.15) is 26.3 Å². The van der Waals surface area contributed by atoms with Crippen LogP contribution in [-0.4, -0.2) is 41.7 Å². The van der Waals surface area contributed by atoms with E-state index in [9.17, 15) is 19.2 Å². The zero-order chi connectivity index (χ0) is 20.2. The Hall–Kier alpha value is -2.55. The highest BCUT2D eigenvalue weighted by Crippen LogP contribution is 2.14. The average molecular weight is 397 g/mol. The molecule has 0 aliphatic rings. The molecule has 1 N–H and O–H groups in total. The topological polar surface area (TPSA) is 108 Å². The summed E-state index contributed by atoms with van der Waals surface area (Å²) in [6.45, 7) is 4.07. The minimum absolute atomic E-state index is 0.112. The summed E-state index contributed by atoms with van der Waals surface area (Å²) in [5.41, 5.74) is 0.835. The Bertz CT molecular complexity index is 648. The number of carbonyl (C=O) groups is 4. The van der Waals surface area contributed by atoms with Gasteiger partial charge in [-0.1, -0.05) is 44.2 Å². The molecule has 1 atom stereocenters. The predicted molar refractivity (Wildman–Crippen MR) is 98.6 cm³/mol. The molecule has 1 rings (SSSR count). The molecule has 27 heavy (non-hydrogen) atoms. The summed E-state index contributed by atoms with van der Waals surface area (Å²) in [5.74, 6) is -1.93. The number of rotatable bonds is 9. The average Bonchev–Trinajstić information content (AvgIpc) is 2.64. The number of nitrogens with one attached hydrogen (secondary N) is 1. The van der Waals surface area contributed by atoms with Gasteiger partial charge in [-0.2, -0.15) is 0 Å². The van der Waals surface area contributed by atoms with Crippen LogP contribution in [0.15, 0.2) is 30.3 Å². The van der Waals surface area contributed by atoms with Crippen LogP contribution in [-0.2, 0) is 35.2 Å². The van der Waals surface area contributed by atoms with E-state index in [0.29, 0.717) is 11.8 Å². The van der Waals surface area contributed by atoms with Crippen LogP contribution in [0.25, 0.3) is 0 Å². The summed E-state index contributed by atoms with van der Waals surface area (Å²) in [7, 11) is 0. The highest BCUT2D eigenvalue weighted by Gasteiger charge is 2.20. The molecule has 148 valence electrons. The fourth-order valence-corrected chi connectivity index (χ4v) is 2.22. The molecule has 9 heteroatoms. The van der Waals surface area contributed by atoms with Gasteiger partial charge in [-0.3, -0.25) is 14.4 Å². The van der Waals surface area contributed by atoms with E-state index in [2.05, 4.69) is 5.32 Å². The lowest BCUT2D eigenvalue weighted by Crippen LogP contribution is -2.36. The van der Waals surface area contributed by atoms with Crippen molar-refractivity contribution >= 4 is 34.9 Å². The highest BCUT2D eigenvalue weighted by atomic mass is 32.2.